The Kier molecular flexibility index (Phi) is 6.01. The molecule has 0 radical (unpaired) electrons. The minimum atomic E-state index is -3.53. The molecule has 0 unspecified atom stereocenters. The van der Waals surface area contributed by atoms with E-state index in [1.165, 1.54) is 28.6 Å². The van der Waals surface area contributed by atoms with Gasteiger partial charge in [0.25, 0.3) is 5.91 Å². The van der Waals surface area contributed by atoms with Crippen LogP contribution in [-0.4, -0.2) is 37.6 Å². The van der Waals surface area contributed by atoms with Gasteiger partial charge in [0, 0.05) is 18.7 Å². The quantitative estimate of drug-likeness (QED) is 0.600. The number of rotatable bonds is 5. The van der Waals surface area contributed by atoms with Gasteiger partial charge in [-0.15, -0.1) is 0 Å². The van der Waals surface area contributed by atoms with Crippen molar-refractivity contribution in [3.63, 3.8) is 0 Å². The third kappa shape index (κ3) is 4.60. The summed E-state index contributed by atoms with van der Waals surface area (Å²) >= 11 is 0. The van der Waals surface area contributed by atoms with E-state index in [0.29, 0.717) is 13.1 Å². The zero-order valence-corrected chi connectivity index (χ0v) is 17.7. The van der Waals surface area contributed by atoms with Gasteiger partial charge in [0.05, 0.1) is 11.3 Å². The van der Waals surface area contributed by atoms with Gasteiger partial charge >= 0.3 is 0 Å². The molecule has 1 fully saturated rings. The number of hydrazine groups is 1. The van der Waals surface area contributed by atoms with Gasteiger partial charge in [0.15, 0.2) is 0 Å². The molecule has 2 amide bonds. The number of hydrogen-bond donors (Lipinski definition) is 2. The van der Waals surface area contributed by atoms with Crippen molar-refractivity contribution < 1.29 is 18.0 Å². The van der Waals surface area contributed by atoms with Crippen LogP contribution in [0.4, 0.5) is 0 Å². The van der Waals surface area contributed by atoms with Crippen LogP contribution in [-0.2, 0) is 21.2 Å². The molecular formula is C23H23N3O4S. The number of benzene rings is 3. The Labute approximate surface area is 181 Å². The largest absolute Gasteiger partial charge is 0.273 e. The fraction of sp³-hybridized carbons (Fsp3) is 0.217. The molecular weight excluding hydrogens is 414 g/mol. The van der Waals surface area contributed by atoms with Crippen molar-refractivity contribution in [2.24, 2.45) is 0 Å². The van der Waals surface area contributed by atoms with Crippen molar-refractivity contribution in [3.05, 3.63) is 77.9 Å². The number of carbonyl (C=O) groups excluding carboxylic acids is 2. The molecule has 3 aromatic carbocycles. The molecule has 0 saturated carbocycles. The van der Waals surface area contributed by atoms with Crippen LogP contribution in [0.2, 0.25) is 0 Å². The van der Waals surface area contributed by atoms with Crippen LogP contribution in [0.5, 0.6) is 0 Å². The van der Waals surface area contributed by atoms with E-state index in [9.17, 15) is 18.0 Å². The van der Waals surface area contributed by atoms with Gasteiger partial charge in [-0.3, -0.25) is 20.4 Å². The van der Waals surface area contributed by atoms with Gasteiger partial charge in [-0.25, -0.2) is 8.42 Å². The van der Waals surface area contributed by atoms with E-state index in [4.69, 9.17) is 0 Å². The fourth-order valence-electron chi connectivity index (χ4n) is 3.72. The Balaban J connectivity index is 1.36. The molecule has 4 rings (SSSR count). The second-order valence-electron chi connectivity index (χ2n) is 7.45. The first kappa shape index (κ1) is 21.0. The summed E-state index contributed by atoms with van der Waals surface area (Å²) < 4.78 is 26.6. The van der Waals surface area contributed by atoms with Crippen LogP contribution < -0.4 is 10.9 Å². The molecule has 8 heteroatoms. The summed E-state index contributed by atoms with van der Waals surface area (Å²) in [7, 11) is -3.53. The highest BCUT2D eigenvalue weighted by Gasteiger charge is 2.27. The maximum atomic E-state index is 12.6. The maximum absolute atomic E-state index is 12.6. The second-order valence-corrected chi connectivity index (χ2v) is 9.39. The SMILES string of the molecule is O=C(Cc1cccc2ccccc12)NNC(=O)c1ccc(S(=O)(=O)N2CCCC2)cc1. The fourth-order valence-corrected chi connectivity index (χ4v) is 5.24. The lowest BCUT2D eigenvalue weighted by Crippen LogP contribution is -2.42. The molecule has 0 aromatic heterocycles. The van der Waals surface area contributed by atoms with Crippen molar-refractivity contribution in [2.75, 3.05) is 13.1 Å². The average Bonchev–Trinajstić information content (AvgIpc) is 3.34. The third-order valence-electron chi connectivity index (χ3n) is 5.37. The van der Waals surface area contributed by atoms with Crippen LogP contribution >= 0.6 is 0 Å². The normalized spacial score (nSPS) is 14.5. The van der Waals surface area contributed by atoms with E-state index >= 15 is 0 Å². The second kappa shape index (κ2) is 8.87. The molecule has 1 heterocycles. The Bertz CT molecular complexity index is 1210. The zero-order chi connectivity index (χ0) is 21.8. The Morgan fingerprint density at radius 3 is 2.26 bits per heavy atom. The number of carbonyl (C=O) groups is 2. The molecule has 2 N–H and O–H groups in total. The third-order valence-corrected chi connectivity index (χ3v) is 7.28. The summed E-state index contributed by atoms with van der Waals surface area (Å²) in [5, 5.41) is 2.03. The molecule has 7 nitrogen and oxygen atoms in total. The number of sulfonamides is 1. The first-order valence-corrected chi connectivity index (χ1v) is 11.6. The number of amides is 2. The van der Waals surface area contributed by atoms with Gasteiger partial charge in [-0.05, 0) is 53.4 Å². The topological polar surface area (TPSA) is 95.6 Å². The molecule has 3 aromatic rings. The van der Waals surface area contributed by atoms with E-state index in [0.717, 1.165) is 29.2 Å². The zero-order valence-electron chi connectivity index (χ0n) is 16.9. The summed E-state index contributed by atoms with van der Waals surface area (Å²) in [4.78, 5) is 24.8. The van der Waals surface area contributed by atoms with Crippen molar-refractivity contribution in [1.29, 1.82) is 0 Å². The number of fused-ring (bicyclic) bond motifs is 1. The van der Waals surface area contributed by atoms with Crippen LogP contribution in [0.1, 0.15) is 28.8 Å². The van der Waals surface area contributed by atoms with Crippen LogP contribution in [0.15, 0.2) is 71.6 Å². The Morgan fingerprint density at radius 2 is 1.52 bits per heavy atom. The molecule has 1 aliphatic heterocycles. The summed E-state index contributed by atoms with van der Waals surface area (Å²) in [6, 6.07) is 19.2. The van der Waals surface area contributed by atoms with Gasteiger partial charge in [0.2, 0.25) is 15.9 Å². The van der Waals surface area contributed by atoms with E-state index in [2.05, 4.69) is 10.9 Å². The molecule has 0 aliphatic carbocycles. The van der Waals surface area contributed by atoms with Crippen LogP contribution in [0.3, 0.4) is 0 Å². The maximum Gasteiger partial charge on any atom is 0.269 e. The van der Waals surface area contributed by atoms with Crippen LogP contribution in [0.25, 0.3) is 10.8 Å². The molecule has 31 heavy (non-hydrogen) atoms. The summed E-state index contributed by atoms with van der Waals surface area (Å²) in [5.41, 5.74) is 5.92. The molecule has 0 atom stereocenters. The first-order valence-electron chi connectivity index (χ1n) is 10.1. The highest BCUT2D eigenvalue weighted by Crippen LogP contribution is 2.21. The van der Waals surface area contributed by atoms with Crippen molar-refractivity contribution in [1.82, 2.24) is 15.2 Å². The number of nitrogens with zero attached hydrogens (tertiary/aromatic N) is 1. The standard InChI is InChI=1S/C23H23N3O4S/c27-22(16-19-8-5-7-17-6-1-2-9-21(17)19)24-25-23(28)18-10-12-20(13-11-18)31(29,30)26-14-3-4-15-26/h1-2,5-13H,3-4,14-16H2,(H,24,27)(H,25,28). The summed E-state index contributed by atoms with van der Waals surface area (Å²) in [5.74, 6) is -0.866. The van der Waals surface area contributed by atoms with Crippen molar-refractivity contribution >= 4 is 32.6 Å². The monoisotopic (exact) mass is 437 g/mol. The Morgan fingerprint density at radius 1 is 0.839 bits per heavy atom. The Hall–Kier alpha value is -3.23. The van der Waals surface area contributed by atoms with E-state index in [1.807, 2.05) is 42.5 Å². The molecule has 1 saturated heterocycles. The van der Waals surface area contributed by atoms with Crippen molar-refractivity contribution in [2.45, 2.75) is 24.2 Å². The molecule has 0 bridgehead atoms. The summed E-state index contributed by atoms with van der Waals surface area (Å²) in [6.07, 6.45) is 1.84. The average molecular weight is 438 g/mol. The molecule has 1 aliphatic rings. The highest BCUT2D eigenvalue weighted by molar-refractivity contribution is 7.89. The smallest absolute Gasteiger partial charge is 0.269 e. The van der Waals surface area contributed by atoms with Crippen LogP contribution in [0, 0.1) is 0 Å². The predicted molar refractivity (Wildman–Crippen MR) is 118 cm³/mol. The first-order chi connectivity index (χ1) is 14.9. The van der Waals surface area contributed by atoms with E-state index < -0.39 is 15.9 Å². The van der Waals surface area contributed by atoms with E-state index in [1.54, 1.807) is 0 Å². The lowest BCUT2D eigenvalue weighted by molar-refractivity contribution is -0.121. The minimum Gasteiger partial charge on any atom is -0.273 e. The highest BCUT2D eigenvalue weighted by atomic mass is 32.2. The minimum absolute atomic E-state index is 0.120. The molecule has 160 valence electrons. The lowest BCUT2D eigenvalue weighted by atomic mass is 10.0. The van der Waals surface area contributed by atoms with Gasteiger partial charge in [-0.2, -0.15) is 4.31 Å². The van der Waals surface area contributed by atoms with Crippen molar-refractivity contribution in [3.8, 4) is 0 Å². The molecule has 0 spiro atoms. The number of nitrogens with one attached hydrogen (secondary N) is 2. The van der Waals surface area contributed by atoms with Gasteiger partial charge in [0.1, 0.15) is 0 Å². The van der Waals surface area contributed by atoms with Gasteiger partial charge in [-0.1, -0.05) is 42.5 Å². The van der Waals surface area contributed by atoms with Gasteiger partial charge < -0.3 is 0 Å². The predicted octanol–water partition coefficient (Wildman–Crippen LogP) is 2.63. The van der Waals surface area contributed by atoms with E-state index in [-0.39, 0.29) is 22.8 Å². The summed E-state index contributed by atoms with van der Waals surface area (Å²) in [6.45, 7) is 1.04. The number of hydrogen-bond acceptors (Lipinski definition) is 4. The lowest BCUT2D eigenvalue weighted by Gasteiger charge is -2.15.